The summed E-state index contributed by atoms with van der Waals surface area (Å²) in [6, 6.07) is 10.2. The summed E-state index contributed by atoms with van der Waals surface area (Å²) in [6.45, 7) is 1.28. The van der Waals surface area contributed by atoms with E-state index < -0.39 is 42.0 Å². The summed E-state index contributed by atoms with van der Waals surface area (Å²) < 4.78 is 13.1. The van der Waals surface area contributed by atoms with Gasteiger partial charge in [0.25, 0.3) is 5.91 Å². The Kier molecular flexibility index (Phi) is 6.90. The lowest BCUT2D eigenvalue weighted by Gasteiger charge is -2.34. The maximum atomic E-state index is 13.1. The number of rotatable bonds is 6. The van der Waals surface area contributed by atoms with Gasteiger partial charge in [0.05, 0.1) is 11.3 Å². The molecule has 2 N–H and O–H groups in total. The molecule has 10 heteroatoms. The molecule has 0 aromatic heterocycles. The number of carbonyl (C=O) groups excluding carboxylic acids is 5. The molecule has 2 aromatic carbocycles. The van der Waals surface area contributed by atoms with Crippen LogP contribution in [0.15, 0.2) is 48.5 Å². The molecule has 1 saturated heterocycles. The van der Waals surface area contributed by atoms with Gasteiger partial charge in [-0.25, -0.2) is 14.1 Å². The van der Waals surface area contributed by atoms with Gasteiger partial charge in [-0.2, -0.15) is 0 Å². The predicted octanol–water partition coefficient (Wildman–Crippen LogP) is 3.39. The first-order chi connectivity index (χ1) is 16.8. The standard InChI is InChI=1S/C25H25FN4O5/c1-15-6-2-5-9-20(15)30-24(34)23(33)29(25(30)35)14-21(31)28-19-8-4-3-7-18(19)22(32)27-17-12-10-16(26)11-13-17/h3-4,7-8,10-13,15,20H,2,5-6,9,14H2,1H3,(H,27,32)(H,28,31)/t15-,20+/m0/s1. The topological polar surface area (TPSA) is 116 Å². The van der Waals surface area contributed by atoms with E-state index in [0.29, 0.717) is 17.0 Å². The van der Waals surface area contributed by atoms with E-state index in [2.05, 4.69) is 10.6 Å². The Morgan fingerprint density at radius 1 is 0.943 bits per heavy atom. The first-order valence-electron chi connectivity index (χ1n) is 11.4. The van der Waals surface area contributed by atoms with E-state index in [1.54, 1.807) is 12.1 Å². The van der Waals surface area contributed by atoms with Gasteiger partial charge in [-0.15, -0.1) is 0 Å². The summed E-state index contributed by atoms with van der Waals surface area (Å²) >= 11 is 0. The molecule has 2 aromatic rings. The van der Waals surface area contributed by atoms with Crippen LogP contribution in [0.2, 0.25) is 0 Å². The molecule has 35 heavy (non-hydrogen) atoms. The van der Waals surface area contributed by atoms with Crippen LogP contribution in [-0.2, 0) is 14.4 Å². The van der Waals surface area contributed by atoms with Crippen molar-refractivity contribution in [3.63, 3.8) is 0 Å². The first-order valence-corrected chi connectivity index (χ1v) is 11.4. The number of hydrogen-bond acceptors (Lipinski definition) is 5. The minimum absolute atomic E-state index is 0.0738. The zero-order valence-corrected chi connectivity index (χ0v) is 19.1. The van der Waals surface area contributed by atoms with Gasteiger partial charge in [0.2, 0.25) is 5.91 Å². The highest BCUT2D eigenvalue weighted by molar-refractivity contribution is 6.45. The van der Waals surface area contributed by atoms with Crippen molar-refractivity contribution >= 4 is 41.0 Å². The van der Waals surface area contributed by atoms with Crippen molar-refractivity contribution in [1.82, 2.24) is 9.80 Å². The third-order valence-corrected chi connectivity index (χ3v) is 6.33. The molecule has 1 aliphatic carbocycles. The number of benzene rings is 2. The SMILES string of the molecule is C[C@H]1CCCC[C@H]1N1C(=O)C(=O)N(CC(=O)Nc2ccccc2C(=O)Nc2ccc(F)cc2)C1=O. The van der Waals surface area contributed by atoms with E-state index in [-0.39, 0.29) is 23.2 Å². The second-order valence-corrected chi connectivity index (χ2v) is 8.73. The summed E-state index contributed by atoms with van der Waals surface area (Å²) in [5.74, 6) is -3.61. The van der Waals surface area contributed by atoms with Gasteiger partial charge in [-0.1, -0.05) is 31.9 Å². The maximum Gasteiger partial charge on any atom is 0.334 e. The highest BCUT2D eigenvalue weighted by atomic mass is 19.1. The highest BCUT2D eigenvalue weighted by Gasteiger charge is 2.49. The molecule has 4 rings (SSSR count). The van der Waals surface area contributed by atoms with Gasteiger partial charge in [-0.05, 0) is 55.2 Å². The van der Waals surface area contributed by atoms with Gasteiger partial charge in [0.15, 0.2) is 0 Å². The normalized spacial score (nSPS) is 20.2. The Balaban J connectivity index is 1.44. The molecule has 9 nitrogen and oxygen atoms in total. The third-order valence-electron chi connectivity index (χ3n) is 6.33. The van der Waals surface area contributed by atoms with Crippen LogP contribution in [0.4, 0.5) is 20.6 Å². The minimum Gasteiger partial charge on any atom is -0.324 e. The molecule has 1 saturated carbocycles. The predicted molar refractivity (Wildman–Crippen MR) is 125 cm³/mol. The van der Waals surface area contributed by atoms with E-state index in [0.717, 1.165) is 24.2 Å². The van der Waals surface area contributed by atoms with Crippen molar-refractivity contribution in [2.45, 2.75) is 38.6 Å². The molecule has 0 spiro atoms. The zero-order chi connectivity index (χ0) is 25.1. The Bertz CT molecular complexity index is 1180. The molecule has 2 atom stereocenters. The van der Waals surface area contributed by atoms with Crippen LogP contribution in [0, 0.1) is 11.7 Å². The number of urea groups is 1. The number of amides is 6. The van der Waals surface area contributed by atoms with Gasteiger partial charge < -0.3 is 10.6 Å². The summed E-state index contributed by atoms with van der Waals surface area (Å²) in [4.78, 5) is 65.0. The lowest BCUT2D eigenvalue weighted by molar-refractivity contribution is -0.145. The van der Waals surface area contributed by atoms with E-state index in [1.807, 2.05) is 6.92 Å². The van der Waals surface area contributed by atoms with Crippen molar-refractivity contribution in [2.24, 2.45) is 5.92 Å². The highest BCUT2D eigenvalue weighted by Crippen LogP contribution is 2.31. The number of carbonyl (C=O) groups is 5. The molecule has 182 valence electrons. The summed E-state index contributed by atoms with van der Waals surface area (Å²) in [7, 11) is 0. The second-order valence-electron chi connectivity index (χ2n) is 8.73. The van der Waals surface area contributed by atoms with Gasteiger partial charge >= 0.3 is 17.8 Å². The summed E-state index contributed by atoms with van der Waals surface area (Å²) in [6.07, 6.45) is 3.34. The monoisotopic (exact) mass is 480 g/mol. The fourth-order valence-electron chi connectivity index (χ4n) is 4.49. The number of halogens is 1. The fourth-order valence-corrected chi connectivity index (χ4v) is 4.49. The number of hydrogen-bond donors (Lipinski definition) is 2. The molecule has 0 radical (unpaired) electrons. The average molecular weight is 480 g/mol. The maximum absolute atomic E-state index is 13.1. The Morgan fingerprint density at radius 3 is 2.34 bits per heavy atom. The number of nitrogens with one attached hydrogen (secondary N) is 2. The first kappa shape index (κ1) is 24.1. The fraction of sp³-hybridized carbons (Fsp3) is 0.320. The summed E-state index contributed by atoms with van der Waals surface area (Å²) in [5, 5.41) is 5.15. The molecule has 0 unspecified atom stereocenters. The van der Waals surface area contributed by atoms with Crippen molar-refractivity contribution in [2.75, 3.05) is 17.2 Å². The van der Waals surface area contributed by atoms with Crippen LogP contribution in [0.25, 0.3) is 0 Å². The quantitative estimate of drug-likeness (QED) is 0.486. The second kappa shape index (κ2) is 10.0. The molecular weight excluding hydrogens is 455 g/mol. The lowest BCUT2D eigenvalue weighted by Crippen LogP contribution is -2.46. The van der Waals surface area contributed by atoms with Crippen LogP contribution in [0.1, 0.15) is 43.0 Å². The van der Waals surface area contributed by atoms with Crippen LogP contribution in [-0.4, -0.2) is 52.0 Å². The van der Waals surface area contributed by atoms with Gasteiger partial charge in [-0.3, -0.25) is 24.1 Å². The molecule has 1 aliphatic heterocycles. The van der Waals surface area contributed by atoms with Crippen molar-refractivity contribution in [3.05, 3.63) is 59.9 Å². The summed E-state index contributed by atoms with van der Waals surface area (Å²) in [5.41, 5.74) is 0.639. The number of nitrogens with zero attached hydrogens (tertiary/aromatic N) is 2. The van der Waals surface area contributed by atoms with Crippen molar-refractivity contribution in [3.8, 4) is 0 Å². The molecule has 2 fully saturated rings. The lowest BCUT2D eigenvalue weighted by atomic mass is 9.85. The van der Waals surface area contributed by atoms with E-state index in [9.17, 15) is 28.4 Å². The van der Waals surface area contributed by atoms with Gasteiger partial charge in [0, 0.05) is 11.7 Å². The van der Waals surface area contributed by atoms with E-state index in [1.165, 1.54) is 36.4 Å². The smallest absolute Gasteiger partial charge is 0.324 e. The van der Waals surface area contributed by atoms with Crippen molar-refractivity contribution in [1.29, 1.82) is 0 Å². The van der Waals surface area contributed by atoms with Crippen LogP contribution >= 0.6 is 0 Å². The minimum atomic E-state index is -1.04. The Labute approximate surface area is 201 Å². The molecule has 6 amide bonds. The number of anilines is 2. The molecular formula is C25H25FN4O5. The van der Waals surface area contributed by atoms with Crippen LogP contribution < -0.4 is 10.6 Å². The Morgan fingerprint density at radius 2 is 1.63 bits per heavy atom. The van der Waals surface area contributed by atoms with E-state index >= 15 is 0 Å². The van der Waals surface area contributed by atoms with Crippen LogP contribution in [0.3, 0.4) is 0 Å². The average Bonchev–Trinajstić information content (AvgIpc) is 3.04. The zero-order valence-electron chi connectivity index (χ0n) is 19.1. The molecule has 0 bridgehead atoms. The van der Waals surface area contributed by atoms with Crippen molar-refractivity contribution < 1.29 is 28.4 Å². The molecule has 1 heterocycles. The van der Waals surface area contributed by atoms with Crippen LogP contribution in [0.5, 0.6) is 0 Å². The van der Waals surface area contributed by atoms with E-state index in [4.69, 9.17) is 0 Å². The number of para-hydroxylation sites is 1. The van der Waals surface area contributed by atoms with Gasteiger partial charge in [0.1, 0.15) is 12.4 Å². The largest absolute Gasteiger partial charge is 0.334 e. The number of imide groups is 2. The third kappa shape index (κ3) is 5.06. The molecule has 2 aliphatic rings. The Hall–Kier alpha value is -4.08.